The second-order valence-corrected chi connectivity index (χ2v) is 7.33. The molecule has 1 heterocycles. The first-order chi connectivity index (χ1) is 11.4. The van der Waals surface area contributed by atoms with E-state index in [2.05, 4.69) is 9.71 Å². The van der Waals surface area contributed by atoms with E-state index in [1.165, 1.54) is 6.07 Å². The molecule has 1 aliphatic heterocycles. The number of amidine groups is 1. The van der Waals surface area contributed by atoms with E-state index in [-0.39, 0.29) is 17.2 Å². The van der Waals surface area contributed by atoms with Crippen molar-refractivity contribution in [3.63, 3.8) is 0 Å². The maximum absolute atomic E-state index is 12.1. The molecule has 0 unspecified atom stereocenters. The Bertz CT molecular complexity index is 923. The standard InChI is InChI=1S/C16H13ClN2O4S/c17-11-7-5-10(6-8-11)13(9-15(20)21)18-16-12-3-1-2-4-14(12)24(22,23)19-16/h1-8,13H,9H2,(H,18,19)(H,20,21)/t13-/m1/s1. The first-order valence-electron chi connectivity index (χ1n) is 7.04. The Morgan fingerprint density at radius 3 is 2.50 bits per heavy atom. The third-order valence-corrected chi connectivity index (χ3v) is 5.22. The van der Waals surface area contributed by atoms with Crippen LogP contribution in [0, 0.1) is 0 Å². The van der Waals surface area contributed by atoms with Crippen LogP contribution in [0.5, 0.6) is 0 Å². The number of aliphatic carboxylic acids is 1. The van der Waals surface area contributed by atoms with Gasteiger partial charge >= 0.3 is 5.97 Å². The van der Waals surface area contributed by atoms with Gasteiger partial charge in [0.05, 0.1) is 17.4 Å². The third kappa shape index (κ3) is 3.27. The van der Waals surface area contributed by atoms with Gasteiger partial charge in [0.15, 0.2) is 0 Å². The number of benzene rings is 2. The Kier molecular flexibility index (Phi) is 4.29. The molecule has 2 N–H and O–H groups in total. The van der Waals surface area contributed by atoms with E-state index in [0.29, 0.717) is 16.1 Å². The molecule has 1 aliphatic rings. The number of carbonyl (C=O) groups is 1. The zero-order valence-electron chi connectivity index (χ0n) is 12.3. The second kappa shape index (κ2) is 6.26. The topological polar surface area (TPSA) is 95.8 Å². The minimum absolute atomic E-state index is 0.133. The van der Waals surface area contributed by atoms with Crippen molar-refractivity contribution in [1.29, 1.82) is 0 Å². The van der Waals surface area contributed by atoms with Gasteiger partial charge in [-0.2, -0.15) is 0 Å². The first kappa shape index (κ1) is 16.5. The first-order valence-corrected chi connectivity index (χ1v) is 8.90. The molecule has 0 bridgehead atoms. The molecule has 0 amide bonds. The Morgan fingerprint density at radius 1 is 1.17 bits per heavy atom. The summed E-state index contributed by atoms with van der Waals surface area (Å²) in [7, 11) is -3.67. The van der Waals surface area contributed by atoms with Gasteiger partial charge in [-0.15, -0.1) is 0 Å². The molecular formula is C16H13ClN2O4S. The number of nitrogens with one attached hydrogen (secondary N) is 1. The summed E-state index contributed by atoms with van der Waals surface area (Å²) >= 11 is 5.85. The van der Waals surface area contributed by atoms with Gasteiger partial charge in [-0.1, -0.05) is 35.9 Å². The smallest absolute Gasteiger partial charge is 0.305 e. The van der Waals surface area contributed by atoms with Gasteiger partial charge < -0.3 is 5.11 Å². The van der Waals surface area contributed by atoms with Gasteiger partial charge in [0.25, 0.3) is 10.0 Å². The van der Waals surface area contributed by atoms with Crippen molar-refractivity contribution in [3.8, 4) is 0 Å². The summed E-state index contributed by atoms with van der Waals surface area (Å²) in [5.74, 6) is -0.889. The number of nitrogens with zero attached hydrogens (tertiary/aromatic N) is 1. The van der Waals surface area contributed by atoms with Gasteiger partial charge in [0.2, 0.25) is 0 Å². The van der Waals surface area contributed by atoms with Crippen LogP contribution >= 0.6 is 11.6 Å². The van der Waals surface area contributed by atoms with Crippen LogP contribution in [0.1, 0.15) is 23.6 Å². The van der Waals surface area contributed by atoms with E-state index >= 15 is 0 Å². The van der Waals surface area contributed by atoms with Crippen molar-refractivity contribution >= 4 is 33.4 Å². The molecule has 1 atom stereocenters. The summed E-state index contributed by atoms with van der Waals surface area (Å²) < 4.78 is 26.6. The van der Waals surface area contributed by atoms with Gasteiger partial charge in [-0.3, -0.25) is 14.5 Å². The Labute approximate surface area is 143 Å². The summed E-state index contributed by atoms with van der Waals surface area (Å²) in [5, 5.41) is 9.66. The largest absolute Gasteiger partial charge is 0.481 e. The van der Waals surface area contributed by atoms with Crippen molar-refractivity contribution in [3.05, 3.63) is 64.7 Å². The quantitative estimate of drug-likeness (QED) is 0.871. The maximum Gasteiger partial charge on any atom is 0.305 e. The van der Waals surface area contributed by atoms with Gasteiger partial charge in [-0.05, 0) is 29.8 Å². The zero-order valence-corrected chi connectivity index (χ0v) is 13.9. The predicted molar refractivity (Wildman–Crippen MR) is 89.7 cm³/mol. The summed E-state index contributed by atoms with van der Waals surface area (Å²) in [4.78, 5) is 15.7. The predicted octanol–water partition coefficient (Wildman–Crippen LogP) is 2.59. The lowest BCUT2D eigenvalue weighted by Crippen LogP contribution is -2.23. The minimum atomic E-state index is -3.67. The highest BCUT2D eigenvalue weighted by Crippen LogP contribution is 2.28. The van der Waals surface area contributed by atoms with E-state index < -0.39 is 22.0 Å². The van der Waals surface area contributed by atoms with Crippen molar-refractivity contribution in [2.24, 2.45) is 4.99 Å². The van der Waals surface area contributed by atoms with E-state index in [4.69, 9.17) is 16.7 Å². The molecule has 6 nitrogen and oxygen atoms in total. The molecule has 0 aromatic heterocycles. The molecule has 124 valence electrons. The molecule has 0 spiro atoms. The number of carboxylic acid groups (broad SMARTS) is 1. The highest BCUT2D eigenvalue weighted by atomic mass is 35.5. The molecule has 0 fully saturated rings. The fourth-order valence-electron chi connectivity index (χ4n) is 2.47. The minimum Gasteiger partial charge on any atom is -0.481 e. The molecule has 8 heteroatoms. The summed E-state index contributed by atoms with van der Waals surface area (Å²) in [6.07, 6.45) is -0.269. The molecule has 3 rings (SSSR count). The molecule has 0 saturated heterocycles. The van der Waals surface area contributed by atoms with Crippen LogP contribution < -0.4 is 4.72 Å². The second-order valence-electron chi connectivity index (χ2n) is 5.24. The lowest BCUT2D eigenvalue weighted by molar-refractivity contribution is -0.137. The Hall–Kier alpha value is -2.38. The summed E-state index contributed by atoms with van der Waals surface area (Å²) in [6, 6.07) is 12.3. The highest BCUT2D eigenvalue weighted by Gasteiger charge is 2.31. The van der Waals surface area contributed by atoms with Gasteiger partial charge in [-0.25, -0.2) is 8.42 Å². The Morgan fingerprint density at radius 2 is 1.83 bits per heavy atom. The number of aliphatic imine (C=N–C) groups is 1. The fraction of sp³-hybridized carbons (Fsp3) is 0.125. The van der Waals surface area contributed by atoms with Crippen LogP contribution in [-0.2, 0) is 14.8 Å². The molecule has 2 aromatic carbocycles. The van der Waals surface area contributed by atoms with Crippen molar-refractivity contribution in [2.45, 2.75) is 17.4 Å². The molecule has 0 saturated carbocycles. The normalized spacial score (nSPS) is 18.0. The highest BCUT2D eigenvalue weighted by molar-refractivity contribution is 7.90. The Balaban J connectivity index is 2.06. The van der Waals surface area contributed by atoms with E-state index in [1.54, 1.807) is 42.5 Å². The number of hydrogen-bond acceptors (Lipinski definition) is 4. The van der Waals surface area contributed by atoms with Crippen LogP contribution in [0.2, 0.25) is 5.02 Å². The molecule has 24 heavy (non-hydrogen) atoms. The maximum atomic E-state index is 12.1. The number of rotatable bonds is 4. The lowest BCUT2D eigenvalue weighted by atomic mass is 10.0. The molecule has 2 aromatic rings. The van der Waals surface area contributed by atoms with Crippen molar-refractivity contribution < 1.29 is 18.3 Å². The zero-order chi connectivity index (χ0) is 17.3. The number of sulfonamides is 1. The van der Waals surface area contributed by atoms with E-state index in [9.17, 15) is 13.2 Å². The monoisotopic (exact) mass is 364 g/mol. The summed E-state index contributed by atoms with van der Waals surface area (Å²) in [5.41, 5.74) is 1.07. The summed E-state index contributed by atoms with van der Waals surface area (Å²) in [6.45, 7) is 0. The molecule has 0 aliphatic carbocycles. The van der Waals surface area contributed by atoms with Crippen LogP contribution in [0.15, 0.2) is 58.4 Å². The number of fused-ring (bicyclic) bond motifs is 1. The number of halogens is 1. The SMILES string of the molecule is O=C(O)C[C@@H](N=C1NS(=O)(=O)c2ccccc21)c1ccc(Cl)cc1. The fourth-order valence-corrected chi connectivity index (χ4v) is 3.84. The average molecular weight is 365 g/mol. The third-order valence-electron chi connectivity index (χ3n) is 3.57. The number of hydrogen-bond donors (Lipinski definition) is 2. The number of carboxylic acids is 1. The van der Waals surface area contributed by atoms with Crippen LogP contribution in [0.3, 0.4) is 0 Å². The van der Waals surface area contributed by atoms with E-state index in [1.807, 2.05) is 0 Å². The molecule has 0 radical (unpaired) electrons. The van der Waals surface area contributed by atoms with Crippen molar-refractivity contribution in [2.75, 3.05) is 0 Å². The van der Waals surface area contributed by atoms with Crippen LogP contribution in [0.25, 0.3) is 0 Å². The van der Waals surface area contributed by atoms with Crippen LogP contribution in [-0.4, -0.2) is 25.3 Å². The average Bonchev–Trinajstić information content (AvgIpc) is 2.78. The van der Waals surface area contributed by atoms with Crippen molar-refractivity contribution in [1.82, 2.24) is 4.72 Å². The van der Waals surface area contributed by atoms with Crippen LogP contribution in [0.4, 0.5) is 0 Å². The lowest BCUT2D eigenvalue weighted by Gasteiger charge is -2.12. The van der Waals surface area contributed by atoms with Gasteiger partial charge in [0.1, 0.15) is 5.84 Å². The van der Waals surface area contributed by atoms with Gasteiger partial charge in [0, 0.05) is 10.6 Å². The van der Waals surface area contributed by atoms with E-state index in [0.717, 1.165) is 0 Å². The molecular weight excluding hydrogens is 352 g/mol.